The van der Waals surface area contributed by atoms with Gasteiger partial charge in [-0.15, -0.1) is 18.2 Å². The molecule has 2 amide bonds. The average Bonchev–Trinajstić information content (AvgIpc) is 3.99. The minimum atomic E-state index is -4.01. The van der Waals surface area contributed by atoms with Crippen molar-refractivity contribution in [3.8, 4) is 28.4 Å². The molecular formula is C45H49N2O9P2Pd+. The van der Waals surface area contributed by atoms with Crippen LogP contribution >= 0.6 is 15.6 Å². The van der Waals surface area contributed by atoms with Crippen LogP contribution in [0.4, 0.5) is 9.59 Å². The number of benzene rings is 2. The smallest absolute Gasteiger partial charge is 0.496 e. The van der Waals surface area contributed by atoms with Crippen molar-refractivity contribution in [2.75, 3.05) is 47.2 Å². The summed E-state index contributed by atoms with van der Waals surface area (Å²) in [6.45, 7) is 7.14. The Morgan fingerprint density at radius 3 is 2.14 bits per heavy atom. The van der Waals surface area contributed by atoms with E-state index in [-0.39, 0.29) is 58.4 Å². The van der Waals surface area contributed by atoms with Crippen LogP contribution in [0.2, 0.25) is 0 Å². The molecule has 3 heterocycles. The first-order valence-corrected chi connectivity index (χ1v) is 23.1. The molecule has 0 saturated carbocycles. The van der Waals surface area contributed by atoms with Gasteiger partial charge < -0.3 is 28.2 Å². The minimum Gasteiger partial charge on any atom is -0.496 e. The van der Waals surface area contributed by atoms with Gasteiger partial charge in [0.25, 0.3) is 0 Å². The molecule has 0 N–H and O–H groups in total. The molecule has 2 saturated heterocycles. The molecule has 2 aromatic carbocycles. The SMILES string of the molecule is COc1cccc(OC)c1-c1cccc2c1[PH+](C)[C@H](C(C)C)O2.O=C1OCCN1P(=O)(OC1=CC[C@@H]2C=CC=CC2=[C-]1)N1CCOC1=O.[C-]1=CC=CC2C=CC=CC12.[Pd+2]. The van der Waals surface area contributed by atoms with Crippen molar-refractivity contribution >= 4 is 33.1 Å². The molecule has 3 aliphatic heterocycles. The zero-order valence-electron chi connectivity index (χ0n) is 33.6. The van der Waals surface area contributed by atoms with E-state index in [0.717, 1.165) is 37.7 Å². The van der Waals surface area contributed by atoms with E-state index in [0.29, 0.717) is 30.0 Å². The molecule has 11 nitrogen and oxygen atoms in total. The number of fused-ring (bicyclic) bond motifs is 3. The Morgan fingerprint density at radius 2 is 1.51 bits per heavy atom. The summed E-state index contributed by atoms with van der Waals surface area (Å²) in [6.07, 6.45) is 29.8. The van der Waals surface area contributed by atoms with Gasteiger partial charge in [-0.05, 0) is 36.1 Å². The second-order valence-electron chi connectivity index (χ2n) is 14.6. The van der Waals surface area contributed by atoms with Crippen molar-refractivity contribution in [2.24, 2.45) is 23.7 Å². The number of nitrogens with zero attached hydrogens (tertiary/aromatic N) is 2. The van der Waals surface area contributed by atoms with Crippen molar-refractivity contribution in [1.29, 1.82) is 0 Å². The Labute approximate surface area is 361 Å². The molecule has 4 aliphatic carbocycles. The molecule has 59 heavy (non-hydrogen) atoms. The van der Waals surface area contributed by atoms with Crippen LogP contribution in [0.1, 0.15) is 20.3 Å². The number of rotatable bonds is 8. The van der Waals surface area contributed by atoms with Gasteiger partial charge >= 0.3 is 40.3 Å². The Balaban J connectivity index is 0.000000159. The molecular weight excluding hydrogens is 881 g/mol. The number of methoxy groups -OCH3 is 2. The van der Waals surface area contributed by atoms with Gasteiger partial charge in [0.1, 0.15) is 30.0 Å². The third-order valence-corrected chi connectivity index (χ3v) is 15.9. The molecule has 5 atom stereocenters. The second kappa shape index (κ2) is 19.7. The topological polar surface area (TPSA) is 113 Å². The normalized spacial score (nSPS) is 24.1. The Hall–Kier alpha value is -4.58. The molecule has 0 spiro atoms. The summed E-state index contributed by atoms with van der Waals surface area (Å²) < 4.78 is 48.4. The van der Waals surface area contributed by atoms with Gasteiger partial charge in [0, 0.05) is 17.2 Å². The van der Waals surface area contributed by atoms with Gasteiger partial charge in [0.15, 0.2) is 5.75 Å². The molecule has 2 aromatic rings. The van der Waals surface area contributed by atoms with Crippen LogP contribution in [-0.4, -0.2) is 74.6 Å². The number of hydrogen-bond donors (Lipinski definition) is 0. The first kappa shape index (κ1) is 44.0. The van der Waals surface area contributed by atoms with Crippen LogP contribution in [0.25, 0.3) is 11.1 Å². The summed E-state index contributed by atoms with van der Waals surface area (Å²) >= 11 is 0. The predicted octanol–water partition coefficient (Wildman–Crippen LogP) is 9.26. The second-order valence-corrected chi connectivity index (χ2v) is 19.1. The maximum absolute atomic E-state index is 13.6. The number of carbonyl (C=O) groups is 2. The third kappa shape index (κ3) is 9.43. The van der Waals surface area contributed by atoms with Crippen molar-refractivity contribution in [1.82, 2.24) is 9.34 Å². The largest absolute Gasteiger partial charge is 2.00 e. The predicted molar refractivity (Wildman–Crippen MR) is 226 cm³/mol. The van der Waals surface area contributed by atoms with Gasteiger partial charge in [-0.1, -0.05) is 74.8 Å². The number of cyclic esters (lactones) is 2. The Kier molecular flexibility index (Phi) is 14.7. The number of allylic oxidation sites excluding steroid dienone is 15. The third-order valence-electron chi connectivity index (χ3n) is 10.6. The molecule has 0 bridgehead atoms. The molecule has 3 unspecified atom stereocenters. The monoisotopic (exact) mass is 929 g/mol. The first-order chi connectivity index (χ1) is 28.1. The number of hydrogen-bond acceptors (Lipinski definition) is 9. The van der Waals surface area contributed by atoms with Crippen molar-refractivity contribution in [2.45, 2.75) is 26.1 Å². The standard InChI is InChI=1S/C19H23O3P.C16H16N2O6P.C10H9.Pd/c1-12(2)19-22-16-11-6-8-13(18(16)23(19)5)17-14(20-3)9-7-10-15(17)21-4;19-15-17(7-9-22-15)25(21,18-8-10-23-16(18)20)24-14-6-5-12-3-1-2-4-13(12)11-14;1-2-6-10-8-4-3-7-9(10)5-1;/h6-12,19H,1-5H3;1-4,6,12H,5,7-10H2;1-7,9-10H;/q;2*-1;+2/p+1/t19-,23?;12-;;/m10../s1. The number of amides is 2. The van der Waals surface area contributed by atoms with Crippen LogP contribution in [0.15, 0.2) is 121 Å². The average molecular weight is 930 g/mol. The first-order valence-electron chi connectivity index (χ1n) is 19.5. The Bertz CT molecular complexity index is 2090. The van der Waals surface area contributed by atoms with Crippen LogP contribution in [0, 0.1) is 35.8 Å². The minimum absolute atomic E-state index is 0. The maximum Gasteiger partial charge on any atom is 2.00 e. The van der Waals surface area contributed by atoms with E-state index in [9.17, 15) is 14.2 Å². The van der Waals surface area contributed by atoms with E-state index in [2.05, 4.69) is 87.3 Å². The fraction of sp³-hybridized carbons (Fsp3) is 0.333. The van der Waals surface area contributed by atoms with Crippen LogP contribution in [0.3, 0.4) is 0 Å². The van der Waals surface area contributed by atoms with E-state index >= 15 is 0 Å². The van der Waals surface area contributed by atoms with Gasteiger partial charge in [-0.3, -0.25) is 6.08 Å². The molecule has 7 aliphatic rings. The van der Waals surface area contributed by atoms with Gasteiger partial charge in [0.05, 0.1) is 47.5 Å². The van der Waals surface area contributed by atoms with E-state index in [1.807, 2.05) is 48.6 Å². The number of ether oxygens (including phenoxy) is 5. The maximum atomic E-state index is 13.6. The summed E-state index contributed by atoms with van der Waals surface area (Å²) in [4.78, 5) is 23.9. The summed E-state index contributed by atoms with van der Waals surface area (Å²) in [6, 6.07) is 12.2. The summed E-state index contributed by atoms with van der Waals surface area (Å²) in [5, 5.41) is 1.35. The molecule has 0 aromatic heterocycles. The van der Waals surface area contributed by atoms with Crippen molar-refractivity contribution < 1.29 is 62.8 Å². The molecule has 14 heteroatoms. The van der Waals surface area contributed by atoms with Gasteiger partial charge in [0.2, 0.25) is 5.85 Å². The Morgan fingerprint density at radius 1 is 0.864 bits per heavy atom. The summed E-state index contributed by atoms with van der Waals surface area (Å²) in [5.41, 5.74) is 3.10. The molecule has 312 valence electrons. The molecule has 0 radical (unpaired) electrons. The van der Waals surface area contributed by atoms with Crippen LogP contribution in [-0.2, 0) is 39.0 Å². The van der Waals surface area contributed by atoms with Crippen molar-refractivity contribution in [3.05, 3.63) is 133 Å². The fourth-order valence-electron chi connectivity index (χ4n) is 7.69. The number of carbonyl (C=O) groups excluding carboxylic acids is 2. The van der Waals surface area contributed by atoms with Crippen LogP contribution in [0.5, 0.6) is 17.2 Å². The van der Waals surface area contributed by atoms with Gasteiger partial charge in [-0.25, -0.2) is 35.6 Å². The molecule has 9 rings (SSSR count). The van der Waals surface area contributed by atoms with Crippen molar-refractivity contribution in [3.63, 3.8) is 0 Å². The van der Waals surface area contributed by atoms with Crippen LogP contribution < -0.4 is 19.5 Å². The fourth-order valence-corrected chi connectivity index (χ4v) is 12.5. The van der Waals surface area contributed by atoms with Gasteiger partial charge in [-0.2, -0.15) is 17.7 Å². The van der Waals surface area contributed by atoms with E-state index in [4.69, 9.17) is 28.2 Å². The summed E-state index contributed by atoms with van der Waals surface area (Å²) in [7, 11) is -1.42. The van der Waals surface area contributed by atoms with E-state index < -0.39 is 27.8 Å². The van der Waals surface area contributed by atoms with E-state index in [1.165, 1.54) is 10.9 Å². The zero-order valence-corrected chi connectivity index (χ0v) is 37.1. The quantitative estimate of drug-likeness (QED) is 0.145. The summed E-state index contributed by atoms with van der Waals surface area (Å²) in [5.74, 6) is 5.00. The zero-order chi connectivity index (χ0) is 40.8. The van der Waals surface area contributed by atoms with E-state index in [1.54, 1.807) is 20.3 Å². The molecule has 2 fully saturated rings.